The molecule has 0 unspecified atom stereocenters. The van der Waals surface area contributed by atoms with Crippen molar-refractivity contribution in [3.05, 3.63) is 114 Å². The molecule has 1 heterocycles. The molecule has 1 atom stereocenters. The highest BCUT2D eigenvalue weighted by Gasteiger charge is 2.34. The number of hydrogen-bond acceptors (Lipinski definition) is 5. The summed E-state index contributed by atoms with van der Waals surface area (Å²) in [7, 11) is 1.59. The first-order valence-corrected chi connectivity index (χ1v) is 11.6. The summed E-state index contributed by atoms with van der Waals surface area (Å²) >= 11 is 0. The van der Waals surface area contributed by atoms with Gasteiger partial charge in [-0.15, -0.1) is 0 Å². The van der Waals surface area contributed by atoms with Crippen molar-refractivity contribution in [2.24, 2.45) is 0 Å². The summed E-state index contributed by atoms with van der Waals surface area (Å²) in [6.07, 6.45) is -0.521. The Balaban J connectivity index is 1.38. The van der Waals surface area contributed by atoms with E-state index in [-0.39, 0.29) is 24.2 Å². The van der Waals surface area contributed by atoms with Gasteiger partial charge < -0.3 is 20.1 Å². The SMILES string of the molecule is COc1ccc(N2C(=O)c3ccccc3N[C@H]2c2cccc(OCC(=O)Nc3ccc(F)cc3)c2)cc1. The fourth-order valence-corrected chi connectivity index (χ4v) is 4.15. The number of carbonyl (C=O) groups is 2. The predicted octanol–water partition coefficient (Wildman–Crippen LogP) is 5.62. The molecule has 2 amide bonds. The number of ether oxygens (including phenoxy) is 2. The van der Waals surface area contributed by atoms with Crippen molar-refractivity contribution in [1.29, 1.82) is 0 Å². The number of halogens is 1. The molecule has 0 aliphatic carbocycles. The highest BCUT2D eigenvalue weighted by Crippen LogP contribution is 2.37. The molecule has 5 rings (SSSR count). The van der Waals surface area contributed by atoms with Crippen LogP contribution >= 0.6 is 0 Å². The van der Waals surface area contributed by atoms with Crippen LogP contribution in [0.1, 0.15) is 22.1 Å². The van der Waals surface area contributed by atoms with Gasteiger partial charge in [0.1, 0.15) is 23.5 Å². The van der Waals surface area contributed by atoms with Gasteiger partial charge in [0.15, 0.2) is 6.61 Å². The molecular formula is C29H24FN3O4. The van der Waals surface area contributed by atoms with Crippen molar-refractivity contribution in [3.63, 3.8) is 0 Å². The largest absolute Gasteiger partial charge is 0.497 e. The number of para-hydroxylation sites is 1. The van der Waals surface area contributed by atoms with Crippen molar-refractivity contribution < 1.29 is 23.5 Å². The van der Waals surface area contributed by atoms with Crippen LogP contribution in [0.3, 0.4) is 0 Å². The van der Waals surface area contributed by atoms with Crippen LogP contribution < -0.4 is 25.0 Å². The number of benzene rings is 4. The first-order chi connectivity index (χ1) is 18.0. The third-order valence-electron chi connectivity index (χ3n) is 5.95. The molecule has 0 saturated carbocycles. The van der Waals surface area contributed by atoms with Crippen LogP contribution in [0.2, 0.25) is 0 Å². The average molecular weight is 498 g/mol. The van der Waals surface area contributed by atoms with Crippen LogP contribution in [0, 0.1) is 5.82 Å². The topological polar surface area (TPSA) is 79.9 Å². The lowest BCUT2D eigenvalue weighted by Crippen LogP contribution is -2.43. The van der Waals surface area contributed by atoms with Crippen molar-refractivity contribution >= 4 is 28.9 Å². The number of rotatable bonds is 7. The lowest BCUT2D eigenvalue weighted by molar-refractivity contribution is -0.118. The smallest absolute Gasteiger partial charge is 0.262 e. The third-order valence-corrected chi connectivity index (χ3v) is 5.95. The summed E-state index contributed by atoms with van der Waals surface area (Å²) in [6.45, 7) is -0.233. The molecule has 0 spiro atoms. The van der Waals surface area contributed by atoms with E-state index in [1.165, 1.54) is 24.3 Å². The zero-order chi connectivity index (χ0) is 25.8. The molecule has 0 saturated heterocycles. The molecule has 0 aromatic heterocycles. The lowest BCUT2D eigenvalue weighted by atomic mass is 10.0. The van der Waals surface area contributed by atoms with Gasteiger partial charge in [-0.2, -0.15) is 0 Å². The summed E-state index contributed by atoms with van der Waals surface area (Å²) in [5.41, 5.74) is 3.24. The van der Waals surface area contributed by atoms with Crippen LogP contribution in [0.5, 0.6) is 11.5 Å². The summed E-state index contributed by atoms with van der Waals surface area (Å²) in [6, 6.07) is 27.4. The first kappa shape index (κ1) is 23.9. The van der Waals surface area contributed by atoms with E-state index in [2.05, 4.69) is 10.6 Å². The first-order valence-electron chi connectivity index (χ1n) is 11.6. The maximum atomic E-state index is 13.6. The second-order valence-electron chi connectivity index (χ2n) is 8.38. The maximum Gasteiger partial charge on any atom is 0.262 e. The molecule has 7 nitrogen and oxygen atoms in total. The van der Waals surface area contributed by atoms with E-state index >= 15 is 0 Å². The van der Waals surface area contributed by atoms with E-state index < -0.39 is 6.17 Å². The summed E-state index contributed by atoms with van der Waals surface area (Å²) in [5, 5.41) is 6.12. The fraction of sp³-hybridized carbons (Fsp3) is 0.103. The van der Waals surface area contributed by atoms with Gasteiger partial charge in [0.2, 0.25) is 0 Å². The van der Waals surface area contributed by atoms with Gasteiger partial charge in [-0.05, 0) is 78.4 Å². The molecule has 4 aromatic rings. The zero-order valence-corrected chi connectivity index (χ0v) is 20.0. The van der Waals surface area contributed by atoms with E-state index in [9.17, 15) is 14.0 Å². The van der Waals surface area contributed by atoms with Crippen LogP contribution in [0.4, 0.5) is 21.5 Å². The lowest BCUT2D eigenvalue weighted by Gasteiger charge is -2.38. The molecule has 4 aromatic carbocycles. The molecule has 1 aliphatic heterocycles. The number of amides is 2. The summed E-state index contributed by atoms with van der Waals surface area (Å²) in [4.78, 5) is 27.6. The Bertz CT molecular complexity index is 1420. The monoisotopic (exact) mass is 497 g/mol. The molecule has 37 heavy (non-hydrogen) atoms. The quantitative estimate of drug-likeness (QED) is 0.346. The number of nitrogens with zero attached hydrogens (tertiary/aromatic N) is 1. The van der Waals surface area contributed by atoms with Gasteiger partial charge in [0, 0.05) is 17.1 Å². The van der Waals surface area contributed by atoms with E-state index in [1.807, 2.05) is 36.4 Å². The Hall–Kier alpha value is -4.85. The minimum atomic E-state index is -0.521. The Morgan fingerprint density at radius 3 is 2.46 bits per heavy atom. The van der Waals surface area contributed by atoms with Gasteiger partial charge in [0.25, 0.3) is 11.8 Å². The van der Waals surface area contributed by atoms with Gasteiger partial charge in [0.05, 0.1) is 12.7 Å². The zero-order valence-electron chi connectivity index (χ0n) is 20.0. The summed E-state index contributed by atoms with van der Waals surface area (Å²) in [5.74, 6) is 0.250. The molecule has 0 fully saturated rings. The molecule has 186 valence electrons. The van der Waals surface area contributed by atoms with Gasteiger partial charge in [-0.3, -0.25) is 14.5 Å². The highest BCUT2D eigenvalue weighted by molar-refractivity contribution is 6.12. The van der Waals surface area contributed by atoms with Crippen molar-refractivity contribution in [2.45, 2.75) is 6.17 Å². The number of methoxy groups -OCH3 is 1. The summed E-state index contributed by atoms with van der Waals surface area (Å²) < 4.78 is 24.1. The number of hydrogen-bond donors (Lipinski definition) is 2. The van der Waals surface area contributed by atoms with Crippen molar-refractivity contribution in [2.75, 3.05) is 29.3 Å². The van der Waals surface area contributed by atoms with E-state index in [0.29, 0.717) is 28.4 Å². The number of fused-ring (bicyclic) bond motifs is 1. The molecule has 8 heteroatoms. The van der Waals surface area contributed by atoms with Gasteiger partial charge >= 0.3 is 0 Å². The Morgan fingerprint density at radius 1 is 0.946 bits per heavy atom. The second-order valence-corrected chi connectivity index (χ2v) is 8.38. The van der Waals surface area contributed by atoms with Crippen molar-refractivity contribution in [1.82, 2.24) is 0 Å². The third kappa shape index (κ3) is 5.23. The minimum absolute atomic E-state index is 0.144. The van der Waals surface area contributed by atoms with Crippen LogP contribution in [0.15, 0.2) is 97.1 Å². The van der Waals surface area contributed by atoms with Gasteiger partial charge in [-0.25, -0.2) is 4.39 Å². The Kier molecular flexibility index (Phi) is 6.72. The van der Waals surface area contributed by atoms with E-state index in [1.54, 1.807) is 48.4 Å². The van der Waals surface area contributed by atoms with E-state index in [0.717, 1.165) is 11.3 Å². The normalized spacial score (nSPS) is 14.4. The molecular weight excluding hydrogens is 473 g/mol. The molecule has 0 radical (unpaired) electrons. The molecule has 1 aliphatic rings. The Labute approximate surface area is 213 Å². The second kappa shape index (κ2) is 10.4. The van der Waals surface area contributed by atoms with Gasteiger partial charge in [-0.1, -0.05) is 24.3 Å². The number of anilines is 3. The minimum Gasteiger partial charge on any atom is -0.497 e. The fourth-order valence-electron chi connectivity index (χ4n) is 4.15. The average Bonchev–Trinajstić information content (AvgIpc) is 2.93. The standard InChI is InChI=1S/C29H24FN3O4/c1-36-23-15-13-22(14-16-23)33-28(32-26-8-3-2-7-25(26)29(33)35)19-5-4-6-24(17-19)37-18-27(34)31-21-11-9-20(30)10-12-21/h2-17,28,32H,18H2,1H3,(H,31,34)/t28-/m1/s1. The number of carbonyl (C=O) groups excluding carboxylic acids is 2. The molecule has 0 bridgehead atoms. The molecule has 2 N–H and O–H groups in total. The predicted molar refractivity (Wildman–Crippen MR) is 140 cm³/mol. The maximum absolute atomic E-state index is 13.6. The van der Waals surface area contributed by atoms with Crippen LogP contribution in [-0.2, 0) is 4.79 Å². The highest BCUT2D eigenvalue weighted by atomic mass is 19.1. The Morgan fingerprint density at radius 2 is 1.70 bits per heavy atom. The van der Waals surface area contributed by atoms with E-state index in [4.69, 9.17) is 9.47 Å². The van der Waals surface area contributed by atoms with Crippen LogP contribution in [0.25, 0.3) is 0 Å². The number of nitrogens with one attached hydrogen (secondary N) is 2. The van der Waals surface area contributed by atoms with Crippen molar-refractivity contribution in [3.8, 4) is 11.5 Å². The van der Waals surface area contributed by atoms with Crippen LogP contribution in [-0.4, -0.2) is 25.5 Å².